The molecule has 1 amide bonds. The molecule has 1 heterocycles. The topological polar surface area (TPSA) is 23.6 Å². The highest BCUT2D eigenvalue weighted by atomic mass is 19.1. The molecule has 1 aliphatic rings. The van der Waals surface area contributed by atoms with E-state index in [1.54, 1.807) is 17.0 Å². The lowest BCUT2D eigenvalue weighted by atomic mass is 9.95. The molecule has 3 nitrogen and oxygen atoms in total. The first-order chi connectivity index (χ1) is 13.5. The van der Waals surface area contributed by atoms with Gasteiger partial charge in [-0.15, -0.1) is 0 Å². The summed E-state index contributed by atoms with van der Waals surface area (Å²) in [7, 11) is 0. The van der Waals surface area contributed by atoms with Crippen molar-refractivity contribution in [2.45, 2.75) is 32.6 Å². The SMILES string of the molecule is CCC(=O)N(CC1CCN(CCc2ccc(F)cc2)CC1)c1cccc(F)c1. The minimum absolute atomic E-state index is 0.0318. The zero-order chi connectivity index (χ0) is 19.9. The van der Waals surface area contributed by atoms with Crippen LogP contribution in [0.3, 0.4) is 0 Å². The molecule has 5 heteroatoms. The summed E-state index contributed by atoms with van der Waals surface area (Å²) in [5, 5.41) is 0. The third-order valence-electron chi connectivity index (χ3n) is 5.50. The van der Waals surface area contributed by atoms with E-state index in [-0.39, 0.29) is 17.5 Å². The highest BCUT2D eigenvalue weighted by Gasteiger charge is 2.24. The van der Waals surface area contributed by atoms with Crippen LogP contribution >= 0.6 is 0 Å². The van der Waals surface area contributed by atoms with Crippen LogP contribution < -0.4 is 4.90 Å². The molecule has 0 N–H and O–H groups in total. The Bertz CT molecular complexity index is 770. The fraction of sp³-hybridized carbons (Fsp3) is 0.435. The van der Waals surface area contributed by atoms with Crippen molar-refractivity contribution in [1.29, 1.82) is 0 Å². The fourth-order valence-electron chi connectivity index (χ4n) is 3.78. The van der Waals surface area contributed by atoms with Crippen LogP contribution in [-0.2, 0) is 11.2 Å². The van der Waals surface area contributed by atoms with Crippen LogP contribution in [-0.4, -0.2) is 37.0 Å². The summed E-state index contributed by atoms with van der Waals surface area (Å²) in [5.41, 5.74) is 1.79. The third kappa shape index (κ3) is 5.61. The van der Waals surface area contributed by atoms with Gasteiger partial charge in [-0.3, -0.25) is 4.79 Å². The van der Waals surface area contributed by atoms with Crippen molar-refractivity contribution in [3.63, 3.8) is 0 Å². The molecular formula is C23H28F2N2O. The molecule has 0 unspecified atom stereocenters. The van der Waals surface area contributed by atoms with E-state index in [0.717, 1.165) is 44.5 Å². The lowest BCUT2D eigenvalue weighted by molar-refractivity contribution is -0.118. The Labute approximate surface area is 166 Å². The number of hydrogen-bond acceptors (Lipinski definition) is 2. The summed E-state index contributed by atoms with van der Waals surface area (Å²) >= 11 is 0. The molecule has 1 aliphatic heterocycles. The number of halogens is 2. The summed E-state index contributed by atoms with van der Waals surface area (Å²) in [6, 6.07) is 13.0. The molecule has 0 aliphatic carbocycles. The predicted octanol–water partition coefficient (Wildman–Crippen LogP) is 4.66. The molecule has 1 saturated heterocycles. The highest BCUT2D eigenvalue weighted by Crippen LogP contribution is 2.24. The summed E-state index contributed by atoms with van der Waals surface area (Å²) in [5.74, 6) is -0.0683. The van der Waals surface area contributed by atoms with Gasteiger partial charge in [0.1, 0.15) is 11.6 Å². The van der Waals surface area contributed by atoms with Gasteiger partial charge in [0, 0.05) is 25.2 Å². The third-order valence-corrected chi connectivity index (χ3v) is 5.50. The Morgan fingerprint density at radius 2 is 1.79 bits per heavy atom. The minimum atomic E-state index is -0.318. The van der Waals surface area contributed by atoms with Crippen molar-refractivity contribution in [1.82, 2.24) is 4.90 Å². The van der Waals surface area contributed by atoms with Crippen LogP contribution in [0.2, 0.25) is 0 Å². The first-order valence-electron chi connectivity index (χ1n) is 10.1. The van der Waals surface area contributed by atoms with Gasteiger partial charge in [0.25, 0.3) is 0 Å². The van der Waals surface area contributed by atoms with Gasteiger partial charge in [-0.25, -0.2) is 8.78 Å². The Morgan fingerprint density at radius 1 is 1.07 bits per heavy atom. The molecule has 1 fully saturated rings. The van der Waals surface area contributed by atoms with E-state index in [2.05, 4.69) is 4.90 Å². The molecule has 0 bridgehead atoms. The van der Waals surface area contributed by atoms with Crippen LogP contribution in [0, 0.1) is 17.6 Å². The van der Waals surface area contributed by atoms with Crippen molar-refractivity contribution >= 4 is 11.6 Å². The molecule has 150 valence electrons. The van der Waals surface area contributed by atoms with Crippen LogP contribution in [0.5, 0.6) is 0 Å². The first kappa shape index (κ1) is 20.5. The quantitative estimate of drug-likeness (QED) is 0.691. The van der Waals surface area contributed by atoms with Gasteiger partial charge in [0.05, 0.1) is 0 Å². The number of carbonyl (C=O) groups excluding carboxylic acids is 1. The summed E-state index contributed by atoms with van der Waals surface area (Å²) in [4.78, 5) is 16.6. The molecule has 0 spiro atoms. The van der Waals surface area contributed by atoms with Gasteiger partial charge in [-0.1, -0.05) is 25.1 Å². The number of piperidine rings is 1. The van der Waals surface area contributed by atoms with Crippen LogP contribution in [0.15, 0.2) is 48.5 Å². The second-order valence-corrected chi connectivity index (χ2v) is 7.50. The maximum absolute atomic E-state index is 13.6. The fourth-order valence-corrected chi connectivity index (χ4v) is 3.78. The Kier molecular flexibility index (Phi) is 7.15. The van der Waals surface area contributed by atoms with E-state index < -0.39 is 0 Å². The lowest BCUT2D eigenvalue weighted by Crippen LogP contribution is -2.41. The molecule has 28 heavy (non-hydrogen) atoms. The zero-order valence-corrected chi connectivity index (χ0v) is 16.4. The van der Waals surface area contributed by atoms with Gasteiger partial charge in [0.15, 0.2) is 0 Å². The largest absolute Gasteiger partial charge is 0.312 e. The maximum Gasteiger partial charge on any atom is 0.226 e. The number of amides is 1. The normalized spacial score (nSPS) is 15.5. The number of benzene rings is 2. The maximum atomic E-state index is 13.6. The molecule has 0 radical (unpaired) electrons. The number of rotatable bonds is 7. The van der Waals surface area contributed by atoms with Crippen molar-refractivity contribution in [3.8, 4) is 0 Å². The minimum Gasteiger partial charge on any atom is -0.312 e. The Hall–Kier alpha value is -2.27. The summed E-state index contributed by atoms with van der Waals surface area (Å²) in [6.45, 7) is 5.42. The average Bonchev–Trinajstić information content (AvgIpc) is 2.72. The number of carbonyl (C=O) groups is 1. The van der Waals surface area contributed by atoms with Crippen molar-refractivity contribution in [3.05, 3.63) is 65.7 Å². The van der Waals surface area contributed by atoms with Crippen LogP contribution in [0.1, 0.15) is 31.7 Å². The van der Waals surface area contributed by atoms with Gasteiger partial charge in [0.2, 0.25) is 5.91 Å². The van der Waals surface area contributed by atoms with Crippen LogP contribution in [0.4, 0.5) is 14.5 Å². The van der Waals surface area contributed by atoms with Crippen LogP contribution in [0.25, 0.3) is 0 Å². The van der Waals surface area contributed by atoms with E-state index >= 15 is 0 Å². The highest BCUT2D eigenvalue weighted by molar-refractivity contribution is 5.93. The van der Waals surface area contributed by atoms with Gasteiger partial charge < -0.3 is 9.80 Å². The number of anilines is 1. The van der Waals surface area contributed by atoms with Gasteiger partial charge in [-0.05, 0) is 74.2 Å². The monoisotopic (exact) mass is 386 g/mol. The van der Waals surface area contributed by atoms with Crippen molar-refractivity contribution in [2.75, 3.05) is 31.1 Å². The standard InChI is InChI=1S/C23H28F2N2O/c1-2-23(28)27(22-5-3-4-21(25)16-22)17-19-11-14-26(15-12-19)13-10-18-6-8-20(24)9-7-18/h3-9,16,19H,2,10-15,17H2,1H3. The molecule has 2 aromatic carbocycles. The Morgan fingerprint density at radius 3 is 2.43 bits per heavy atom. The second kappa shape index (κ2) is 9.78. The average molecular weight is 386 g/mol. The molecule has 3 rings (SSSR count). The molecular weight excluding hydrogens is 358 g/mol. The summed E-state index contributed by atoms with van der Waals surface area (Å²) < 4.78 is 26.6. The van der Waals surface area contributed by atoms with E-state index in [1.165, 1.54) is 24.3 Å². The lowest BCUT2D eigenvalue weighted by Gasteiger charge is -2.35. The molecule has 0 aromatic heterocycles. The number of hydrogen-bond donors (Lipinski definition) is 0. The number of nitrogens with zero attached hydrogens (tertiary/aromatic N) is 2. The summed E-state index contributed by atoms with van der Waals surface area (Å²) in [6.07, 6.45) is 3.36. The van der Waals surface area contributed by atoms with E-state index in [4.69, 9.17) is 0 Å². The van der Waals surface area contributed by atoms with E-state index in [9.17, 15) is 13.6 Å². The van der Waals surface area contributed by atoms with Gasteiger partial charge in [-0.2, -0.15) is 0 Å². The van der Waals surface area contributed by atoms with E-state index in [1.807, 2.05) is 19.1 Å². The smallest absolute Gasteiger partial charge is 0.226 e. The predicted molar refractivity (Wildman–Crippen MR) is 108 cm³/mol. The zero-order valence-electron chi connectivity index (χ0n) is 16.4. The second-order valence-electron chi connectivity index (χ2n) is 7.50. The first-order valence-corrected chi connectivity index (χ1v) is 10.1. The molecule has 0 saturated carbocycles. The number of likely N-dealkylation sites (tertiary alicyclic amines) is 1. The molecule has 0 atom stereocenters. The Balaban J connectivity index is 1.51. The molecule has 2 aromatic rings. The van der Waals surface area contributed by atoms with E-state index in [0.29, 0.717) is 24.6 Å². The van der Waals surface area contributed by atoms with Crippen molar-refractivity contribution < 1.29 is 13.6 Å². The van der Waals surface area contributed by atoms with Crippen molar-refractivity contribution in [2.24, 2.45) is 5.92 Å². The van der Waals surface area contributed by atoms with Gasteiger partial charge >= 0.3 is 0 Å².